The van der Waals surface area contributed by atoms with Gasteiger partial charge in [0.2, 0.25) is 11.8 Å². The van der Waals surface area contributed by atoms with E-state index in [0.717, 1.165) is 5.69 Å². The number of anilines is 3. The van der Waals surface area contributed by atoms with Gasteiger partial charge < -0.3 is 20.4 Å². The van der Waals surface area contributed by atoms with E-state index in [0.29, 0.717) is 37.7 Å². The number of aromatic nitrogens is 2. The van der Waals surface area contributed by atoms with E-state index >= 15 is 0 Å². The van der Waals surface area contributed by atoms with Crippen LogP contribution in [0.3, 0.4) is 0 Å². The van der Waals surface area contributed by atoms with Gasteiger partial charge in [-0.15, -0.1) is 10.2 Å². The van der Waals surface area contributed by atoms with Crippen molar-refractivity contribution < 1.29 is 14.4 Å². The highest BCUT2D eigenvalue weighted by molar-refractivity contribution is 5.92. The van der Waals surface area contributed by atoms with Crippen molar-refractivity contribution in [2.75, 3.05) is 36.8 Å². The minimum Gasteiger partial charge on any atom is -0.339 e. The molecule has 0 atom stereocenters. The lowest BCUT2D eigenvalue weighted by Crippen LogP contribution is -2.50. The first-order chi connectivity index (χ1) is 13.4. The quantitative estimate of drug-likeness (QED) is 0.829. The monoisotopic (exact) mass is 382 g/mol. The Balaban J connectivity index is 1.61. The van der Waals surface area contributed by atoms with Crippen LogP contribution >= 0.6 is 0 Å². The first-order valence-corrected chi connectivity index (χ1v) is 8.95. The van der Waals surface area contributed by atoms with Crippen molar-refractivity contribution in [1.29, 1.82) is 0 Å². The first kappa shape index (κ1) is 19.3. The molecule has 1 aromatic heterocycles. The fourth-order valence-corrected chi connectivity index (χ4v) is 2.93. The highest BCUT2D eigenvalue weighted by Gasteiger charge is 2.24. The molecular formula is C19H22N6O3. The molecule has 1 saturated heterocycles. The molecule has 1 aliphatic heterocycles. The van der Waals surface area contributed by atoms with Gasteiger partial charge in [-0.05, 0) is 30.3 Å². The molecule has 0 unspecified atom stereocenters. The highest BCUT2D eigenvalue weighted by Crippen LogP contribution is 2.19. The molecule has 1 aliphatic rings. The molecule has 9 nitrogen and oxygen atoms in total. The molecule has 1 fully saturated rings. The molecule has 2 heterocycles. The second kappa shape index (κ2) is 8.47. The van der Waals surface area contributed by atoms with Gasteiger partial charge in [-0.2, -0.15) is 0 Å². The Morgan fingerprint density at radius 2 is 1.57 bits per heavy atom. The van der Waals surface area contributed by atoms with Crippen LogP contribution in [0.5, 0.6) is 0 Å². The van der Waals surface area contributed by atoms with Crippen LogP contribution in [0.4, 0.5) is 17.2 Å². The van der Waals surface area contributed by atoms with Gasteiger partial charge in [-0.3, -0.25) is 14.4 Å². The van der Waals surface area contributed by atoms with E-state index in [1.54, 1.807) is 40.1 Å². The van der Waals surface area contributed by atoms with E-state index in [1.165, 1.54) is 13.8 Å². The zero-order chi connectivity index (χ0) is 20.1. The van der Waals surface area contributed by atoms with Gasteiger partial charge in [0.15, 0.2) is 11.5 Å². The summed E-state index contributed by atoms with van der Waals surface area (Å²) < 4.78 is 0. The summed E-state index contributed by atoms with van der Waals surface area (Å²) in [4.78, 5) is 38.5. The molecule has 146 valence electrons. The fraction of sp³-hybridized carbons (Fsp3) is 0.316. The summed E-state index contributed by atoms with van der Waals surface area (Å²) in [5.41, 5.74) is 1.66. The van der Waals surface area contributed by atoms with Gasteiger partial charge in [-0.1, -0.05) is 6.07 Å². The standard InChI is InChI=1S/C19H22N6O3/c1-13(26)20-15-4-3-5-16(12-15)21-18-7-6-17(22-23-18)19(28)25-10-8-24(9-11-25)14(2)27/h3-7,12H,8-11H2,1-2H3,(H,20,26)(H,21,23). The third-order valence-electron chi connectivity index (χ3n) is 4.35. The van der Waals surface area contributed by atoms with Crippen molar-refractivity contribution in [2.24, 2.45) is 0 Å². The van der Waals surface area contributed by atoms with Gasteiger partial charge >= 0.3 is 0 Å². The Hall–Kier alpha value is -3.49. The molecular weight excluding hydrogens is 360 g/mol. The third kappa shape index (κ3) is 4.81. The fourth-order valence-electron chi connectivity index (χ4n) is 2.93. The molecule has 0 spiro atoms. The van der Waals surface area contributed by atoms with E-state index in [1.807, 2.05) is 6.07 Å². The predicted molar refractivity (Wildman–Crippen MR) is 104 cm³/mol. The van der Waals surface area contributed by atoms with Gasteiger partial charge in [0.1, 0.15) is 0 Å². The van der Waals surface area contributed by atoms with E-state index in [-0.39, 0.29) is 23.4 Å². The number of carbonyl (C=O) groups is 3. The normalized spacial score (nSPS) is 13.8. The molecule has 3 amide bonds. The summed E-state index contributed by atoms with van der Waals surface area (Å²) in [6, 6.07) is 10.5. The van der Waals surface area contributed by atoms with Crippen LogP contribution < -0.4 is 10.6 Å². The van der Waals surface area contributed by atoms with Crippen LogP contribution in [0.15, 0.2) is 36.4 Å². The molecule has 1 aromatic carbocycles. The number of carbonyl (C=O) groups excluding carboxylic acids is 3. The number of benzene rings is 1. The summed E-state index contributed by atoms with van der Waals surface area (Å²) >= 11 is 0. The Morgan fingerprint density at radius 1 is 0.893 bits per heavy atom. The molecule has 9 heteroatoms. The molecule has 3 rings (SSSR count). The van der Waals surface area contributed by atoms with Crippen LogP contribution in [-0.4, -0.2) is 63.9 Å². The molecule has 2 N–H and O–H groups in total. The maximum Gasteiger partial charge on any atom is 0.274 e. The second-order valence-corrected chi connectivity index (χ2v) is 6.49. The van der Waals surface area contributed by atoms with Gasteiger partial charge in [0.25, 0.3) is 5.91 Å². The Kier molecular flexibility index (Phi) is 5.83. The van der Waals surface area contributed by atoms with E-state index < -0.39 is 0 Å². The summed E-state index contributed by atoms with van der Waals surface area (Å²) in [6.45, 7) is 4.99. The minimum atomic E-state index is -0.199. The lowest BCUT2D eigenvalue weighted by atomic mass is 10.2. The first-order valence-electron chi connectivity index (χ1n) is 8.95. The molecule has 0 saturated carbocycles. The van der Waals surface area contributed by atoms with Gasteiger partial charge in [0.05, 0.1) is 0 Å². The average Bonchev–Trinajstić information content (AvgIpc) is 2.68. The SMILES string of the molecule is CC(=O)Nc1cccc(Nc2ccc(C(=O)N3CCN(C(C)=O)CC3)nn2)c1. The zero-order valence-electron chi connectivity index (χ0n) is 15.8. The number of nitrogens with zero attached hydrogens (tertiary/aromatic N) is 4. The van der Waals surface area contributed by atoms with E-state index in [9.17, 15) is 14.4 Å². The van der Waals surface area contributed by atoms with Crippen LogP contribution in [-0.2, 0) is 9.59 Å². The predicted octanol–water partition coefficient (Wildman–Crippen LogP) is 1.48. The van der Waals surface area contributed by atoms with Crippen molar-refractivity contribution in [2.45, 2.75) is 13.8 Å². The van der Waals surface area contributed by atoms with Crippen LogP contribution in [0.2, 0.25) is 0 Å². The maximum absolute atomic E-state index is 12.6. The number of piperazine rings is 1. The van der Waals surface area contributed by atoms with Gasteiger partial charge in [0, 0.05) is 51.4 Å². The highest BCUT2D eigenvalue weighted by atomic mass is 16.2. The summed E-state index contributed by atoms with van der Waals surface area (Å²) in [6.07, 6.45) is 0. The van der Waals surface area contributed by atoms with Crippen LogP contribution in [0.1, 0.15) is 24.3 Å². The van der Waals surface area contributed by atoms with Crippen LogP contribution in [0.25, 0.3) is 0 Å². The number of amides is 3. The third-order valence-corrected chi connectivity index (χ3v) is 4.35. The van der Waals surface area contributed by atoms with Crippen LogP contribution in [0, 0.1) is 0 Å². The molecule has 0 aliphatic carbocycles. The van der Waals surface area contributed by atoms with E-state index in [4.69, 9.17) is 0 Å². The smallest absolute Gasteiger partial charge is 0.274 e. The Labute approximate surface area is 162 Å². The van der Waals surface area contributed by atoms with Crippen molar-refractivity contribution >= 4 is 34.9 Å². The topological polar surface area (TPSA) is 108 Å². The summed E-state index contributed by atoms with van der Waals surface area (Å²) in [7, 11) is 0. The molecule has 0 radical (unpaired) electrons. The summed E-state index contributed by atoms with van der Waals surface area (Å²) in [5.74, 6) is 0.154. The molecule has 28 heavy (non-hydrogen) atoms. The molecule has 0 bridgehead atoms. The lowest BCUT2D eigenvalue weighted by molar-refractivity contribution is -0.130. The minimum absolute atomic E-state index is 0.0184. The number of hydrogen-bond donors (Lipinski definition) is 2. The van der Waals surface area contributed by atoms with Crippen molar-refractivity contribution in [3.05, 3.63) is 42.1 Å². The zero-order valence-corrected chi connectivity index (χ0v) is 15.8. The maximum atomic E-state index is 12.6. The van der Waals surface area contributed by atoms with Crippen molar-refractivity contribution in [3.8, 4) is 0 Å². The Morgan fingerprint density at radius 3 is 2.18 bits per heavy atom. The number of rotatable bonds is 4. The van der Waals surface area contributed by atoms with E-state index in [2.05, 4.69) is 20.8 Å². The number of hydrogen-bond acceptors (Lipinski definition) is 6. The average molecular weight is 382 g/mol. The molecule has 2 aromatic rings. The lowest BCUT2D eigenvalue weighted by Gasteiger charge is -2.33. The Bertz CT molecular complexity index is 875. The van der Waals surface area contributed by atoms with Crippen molar-refractivity contribution in [3.63, 3.8) is 0 Å². The van der Waals surface area contributed by atoms with Gasteiger partial charge in [-0.25, -0.2) is 0 Å². The summed E-state index contributed by atoms with van der Waals surface area (Å²) in [5, 5.41) is 13.9. The van der Waals surface area contributed by atoms with Crippen molar-refractivity contribution in [1.82, 2.24) is 20.0 Å². The second-order valence-electron chi connectivity index (χ2n) is 6.49. The largest absolute Gasteiger partial charge is 0.339 e. The number of nitrogens with one attached hydrogen (secondary N) is 2.